The molecule has 0 fully saturated rings. The van der Waals surface area contributed by atoms with Crippen LogP contribution in [0.3, 0.4) is 0 Å². The summed E-state index contributed by atoms with van der Waals surface area (Å²) in [7, 11) is -1.53. The van der Waals surface area contributed by atoms with E-state index < -0.39 is 10.0 Å². The number of allylic oxidation sites excluding steroid dienone is 3. The molecule has 2 aromatic rings. The molecule has 0 saturated carbocycles. The van der Waals surface area contributed by atoms with Gasteiger partial charge in [0.1, 0.15) is 0 Å². The Morgan fingerprint density at radius 1 is 0.810 bits per heavy atom. The van der Waals surface area contributed by atoms with Crippen molar-refractivity contribution in [1.82, 2.24) is 0 Å². The van der Waals surface area contributed by atoms with Crippen LogP contribution in [0.4, 0.5) is 0 Å². The van der Waals surface area contributed by atoms with E-state index in [0.717, 1.165) is 11.2 Å². The number of carbonyl (C=O) groups is 1. The Bertz CT molecular complexity index is 676. The summed E-state index contributed by atoms with van der Waals surface area (Å²) in [5.74, 6) is 0. The first-order valence-electron chi connectivity index (χ1n) is 6.97. The van der Waals surface area contributed by atoms with E-state index in [1.165, 1.54) is 20.9 Å². The molecule has 0 amide bonds. The van der Waals surface area contributed by atoms with Crippen molar-refractivity contribution in [2.24, 2.45) is 0 Å². The number of aryl methyl sites for hydroxylation is 2. The molecule has 1 aliphatic heterocycles. The van der Waals surface area contributed by atoms with Crippen LogP contribution in [0.5, 0.6) is 0 Å². The molecule has 2 heteroatoms. The lowest BCUT2D eigenvalue weighted by atomic mass is 10.2. The van der Waals surface area contributed by atoms with Crippen LogP contribution in [0.2, 0.25) is 0 Å². The second-order valence-corrected chi connectivity index (χ2v) is 8.31. The number of hydrogen-bond acceptors (Lipinski definition) is 1. The average molecular weight is 294 g/mol. The predicted octanol–water partition coefficient (Wildman–Crippen LogP) is 5.14. The minimum Gasteiger partial charge on any atom is -0.297 e. The number of rotatable bonds is 3. The fourth-order valence-electron chi connectivity index (χ4n) is 2.62. The molecule has 106 valence electrons. The van der Waals surface area contributed by atoms with Crippen molar-refractivity contribution >= 4 is 16.3 Å². The normalized spacial score (nSPS) is 17.3. The van der Waals surface area contributed by atoms with Gasteiger partial charge in [-0.1, -0.05) is 41.5 Å². The fourth-order valence-corrected chi connectivity index (χ4v) is 5.80. The molecule has 21 heavy (non-hydrogen) atoms. The Labute approximate surface area is 127 Å². The second-order valence-electron chi connectivity index (χ2n) is 5.30. The monoisotopic (exact) mass is 294 g/mol. The van der Waals surface area contributed by atoms with Crippen LogP contribution in [0.15, 0.2) is 80.8 Å². The SMILES string of the molecule is Cc1ccc(S2(c3ccc(C)cc3)C=CC=C2C=O)cc1. The number of benzene rings is 2. The molecule has 0 aliphatic carbocycles. The van der Waals surface area contributed by atoms with E-state index in [-0.39, 0.29) is 0 Å². The lowest BCUT2D eigenvalue weighted by Gasteiger charge is -2.36. The van der Waals surface area contributed by atoms with E-state index in [0.29, 0.717) is 0 Å². The van der Waals surface area contributed by atoms with Crippen molar-refractivity contribution in [3.8, 4) is 0 Å². The molecule has 0 atom stereocenters. The zero-order chi connectivity index (χ0) is 14.9. The van der Waals surface area contributed by atoms with Crippen molar-refractivity contribution in [2.75, 3.05) is 0 Å². The van der Waals surface area contributed by atoms with E-state index in [1.807, 2.05) is 12.2 Å². The van der Waals surface area contributed by atoms with Gasteiger partial charge in [-0.2, -0.15) is 0 Å². The van der Waals surface area contributed by atoms with Crippen LogP contribution in [0.1, 0.15) is 11.1 Å². The third-order valence-corrected chi connectivity index (χ3v) is 7.39. The number of hydrogen-bond donors (Lipinski definition) is 0. The van der Waals surface area contributed by atoms with E-state index in [9.17, 15) is 4.79 Å². The standard InChI is InChI=1S/C19H18OS/c1-15-5-9-17(10-6-15)21(13-3-4-19(21)14-20)18-11-7-16(2)8-12-18/h3-14H,1-2H3. The lowest BCUT2D eigenvalue weighted by Crippen LogP contribution is -2.02. The number of carbonyl (C=O) groups excluding carboxylic acids is 1. The fraction of sp³-hybridized carbons (Fsp3) is 0.105. The van der Waals surface area contributed by atoms with Gasteiger partial charge in [-0.25, -0.2) is 0 Å². The third kappa shape index (κ3) is 2.26. The van der Waals surface area contributed by atoms with E-state index in [1.54, 1.807) is 0 Å². The largest absolute Gasteiger partial charge is 0.297 e. The highest BCUT2D eigenvalue weighted by atomic mass is 32.3. The summed E-state index contributed by atoms with van der Waals surface area (Å²) < 4.78 is 0. The summed E-state index contributed by atoms with van der Waals surface area (Å²) in [6, 6.07) is 17.1. The van der Waals surface area contributed by atoms with E-state index in [2.05, 4.69) is 67.8 Å². The topological polar surface area (TPSA) is 17.1 Å². The Kier molecular flexibility index (Phi) is 3.56. The molecule has 1 heterocycles. The summed E-state index contributed by atoms with van der Waals surface area (Å²) in [4.78, 5) is 14.9. The zero-order valence-electron chi connectivity index (χ0n) is 12.2. The average Bonchev–Trinajstić information content (AvgIpc) is 2.93. The highest BCUT2D eigenvalue weighted by Crippen LogP contribution is 2.70. The van der Waals surface area contributed by atoms with Crippen LogP contribution in [-0.2, 0) is 4.79 Å². The minimum atomic E-state index is -1.53. The zero-order valence-corrected chi connectivity index (χ0v) is 13.1. The van der Waals surface area contributed by atoms with Crippen molar-refractivity contribution in [3.63, 3.8) is 0 Å². The maximum absolute atomic E-state index is 11.6. The molecular formula is C19H18OS. The first kappa shape index (κ1) is 13.9. The summed E-state index contributed by atoms with van der Waals surface area (Å²) in [5, 5.41) is 2.20. The highest BCUT2D eigenvalue weighted by molar-refractivity contribution is 8.39. The third-order valence-electron chi connectivity index (χ3n) is 3.82. The second kappa shape index (κ2) is 5.38. The van der Waals surface area contributed by atoms with Crippen LogP contribution < -0.4 is 0 Å². The quantitative estimate of drug-likeness (QED) is 0.717. The van der Waals surface area contributed by atoms with Gasteiger partial charge in [0.2, 0.25) is 0 Å². The molecule has 0 saturated heterocycles. The van der Waals surface area contributed by atoms with Gasteiger partial charge < -0.3 is 0 Å². The Morgan fingerprint density at radius 3 is 1.71 bits per heavy atom. The summed E-state index contributed by atoms with van der Waals surface area (Å²) in [6.07, 6.45) is 4.97. The first-order valence-corrected chi connectivity index (χ1v) is 8.67. The maximum atomic E-state index is 11.6. The summed E-state index contributed by atoms with van der Waals surface area (Å²) in [5.41, 5.74) is 2.46. The maximum Gasteiger partial charge on any atom is 0.155 e. The molecule has 1 aliphatic rings. The van der Waals surface area contributed by atoms with Gasteiger partial charge >= 0.3 is 0 Å². The van der Waals surface area contributed by atoms with Crippen LogP contribution >= 0.6 is 10.0 Å². The van der Waals surface area contributed by atoms with Gasteiger partial charge in [-0.05, 0) is 49.6 Å². The van der Waals surface area contributed by atoms with Gasteiger partial charge in [0, 0.05) is 14.7 Å². The molecule has 0 radical (unpaired) electrons. The Hall–Kier alpha value is -2.06. The highest BCUT2D eigenvalue weighted by Gasteiger charge is 2.32. The Balaban J connectivity index is 2.23. The lowest BCUT2D eigenvalue weighted by molar-refractivity contribution is -0.104. The molecule has 0 unspecified atom stereocenters. The molecule has 0 aromatic heterocycles. The van der Waals surface area contributed by atoms with Gasteiger partial charge in [0.25, 0.3) is 0 Å². The molecule has 0 N–H and O–H groups in total. The van der Waals surface area contributed by atoms with Gasteiger partial charge in [-0.3, -0.25) is 4.79 Å². The van der Waals surface area contributed by atoms with Crippen molar-refractivity contribution in [3.05, 3.63) is 82.1 Å². The molecule has 0 bridgehead atoms. The smallest absolute Gasteiger partial charge is 0.155 e. The Morgan fingerprint density at radius 2 is 1.29 bits per heavy atom. The van der Waals surface area contributed by atoms with Crippen molar-refractivity contribution in [2.45, 2.75) is 23.6 Å². The van der Waals surface area contributed by atoms with Gasteiger partial charge in [0.05, 0.1) is 0 Å². The van der Waals surface area contributed by atoms with Crippen LogP contribution in [0, 0.1) is 13.8 Å². The molecule has 3 rings (SSSR count). The van der Waals surface area contributed by atoms with Crippen LogP contribution in [-0.4, -0.2) is 6.29 Å². The van der Waals surface area contributed by atoms with Gasteiger partial charge in [-0.15, -0.1) is 10.0 Å². The van der Waals surface area contributed by atoms with E-state index >= 15 is 0 Å². The molecular weight excluding hydrogens is 276 g/mol. The van der Waals surface area contributed by atoms with E-state index in [4.69, 9.17) is 0 Å². The predicted molar refractivity (Wildman–Crippen MR) is 89.8 cm³/mol. The first-order chi connectivity index (χ1) is 10.2. The van der Waals surface area contributed by atoms with Crippen LogP contribution in [0.25, 0.3) is 0 Å². The van der Waals surface area contributed by atoms with Gasteiger partial charge in [0.15, 0.2) is 6.29 Å². The molecule has 0 spiro atoms. The minimum absolute atomic E-state index is 0.871. The molecule has 1 nitrogen and oxygen atoms in total. The summed E-state index contributed by atoms with van der Waals surface area (Å²) in [6.45, 7) is 4.16. The van der Waals surface area contributed by atoms with Crippen molar-refractivity contribution in [1.29, 1.82) is 0 Å². The van der Waals surface area contributed by atoms with Crippen molar-refractivity contribution < 1.29 is 4.79 Å². The summed E-state index contributed by atoms with van der Waals surface area (Å²) >= 11 is 0. The molecule has 2 aromatic carbocycles. The number of aldehydes is 1.